The van der Waals surface area contributed by atoms with Crippen LogP contribution >= 0.6 is 11.6 Å². The third-order valence-electron chi connectivity index (χ3n) is 2.95. The number of nitriles is 1. The first kappa shape index (κ1) is 15.5. The number of hydrogen-bond acceptors (Lipinski definition) is 5. The quantitative estimate of drug-likeness (QED) is 0.689. The number of benzene rings is 1. The molecule has 0 aliphatic heterocycles. The van der Waals surface area contributed by atoms with Gasteiger partial charge in [0.05, 0.1) is 26.9 Å². The molecule has 112 valence electrons. The maximum atomic E-state index is 12.3. The normalized spacial score (nSPS) is 10.1. The molecule has 0 spiro atoms. The lowest BCUT2D eigenvalue weighted by Crippen LogP contribution is -2.17. The average Bonchev–Trinajstić information content (AvgIpc) is 2.72. The number of carbonyl (C=O) groups is 1. The molecule has 1 aromatic carbocycles. The van der Waals surface area contributed by atoms with Gasteiger partial charge in [-0.05, 0) is 13.0 Å². The highest BCUT2D eigenvalue weighted by atomic mass is 35.5. The van der Waals surface area contributed by atoms with Gasteiger partial charge in [-0.3, -0.25) is 19.6 Å². The molecule has 0 fully saturated rings. The van der Waals surface area contributed by atoms with E-state index in [0.717, 1.165) is 6.07 Å². The second-order valence-corrected chi connectivity index (χ2v) is 4.80. The minimum Gasteiger partial charge on any atom is -0.319 e. The minimum absolute atomic E-state index is 0.0161. The van der Waals surface area contributed by atoms with Crippen LogP contribution in [0.4, 0.5) is 11.4 Å². The Balaban J connectivity index is 2.37. The number of nitro benzene ring substituents is 1. The summed E-state index contributed by atoms with van der Waals surface area (Å²) in [4.78, 5) is 22.3. The van der Waals surface area contributed by atoms with E-state index < -0.39 is 10.8 Å². The fourth-order valence-corrected chi connectivity index (χ4v) is 2.15. The number of halogens is 1. The van der Waals surface area contributed by atoms with Crippen molar-refractivity contribution in [2.45, 2.75) is 6.92 Å². The van der Waals surface area contributed by atoms with Gasteiger partial charge >= 0.3 is 0 Å². The number of non-ortho nitro benzene ring substituents is 1. The van der Waals surface area contributed by atoms with Gasteiger partial charge in [-0.1, -0.05) is 11.6 Å². The molecule has 22 heavy (non-hydrogen) atoms. The lowest BCUT2D eigenvalue weighted by molar-refractivity contribution is -0.384. The first-order chi connectivity index (χ1) is 10.3. The van der Waals surface area contributed by atoms with Crippen LogP contribution in [-0.4, -0.2) is 20.6 Å². The number of amides is 1. The van der Waals surface area contributed by atoms with Crippen LogP contribution in [0.3, 0.4) is 0 Å². The second kappa shape index (κ2) is 5.83. The highest BCUT2D eigenvalue weighted by Crippen LogP contribution is 2.24. The van der Waals surface area contributed by atoms with Crippen LogP contribution in [0.1, 0.15) is 21.7 Å². The average molecular weight is 320 g/mol. The van der Waals surface area contributed by atoms with Crippen LogP contribution < -0.4 is 5.32 Å². The summed E-state index contributed by atoms with van der Waals surface area (Å²) in [5, 5.41) is 26.5. The van der Waals surface area contributed by atoms with Gasteiger partial charge in [-0.2, -0.15) is 10.4 Å². The van der Waals surface area contributed by atoms with E-state index in [4.69, 9.17) is 16.9 Å². The summed E-state index contributed by atoms with van der Waals surface area (Å²) in [6.45, 7) is 1.66. The van der Waals surface area contributed by atoms with Crippen LogP contribution in [0.15, 0.2) is 18.2 Å². The SMILES string of the molecule is Cc1nn(C)c(C(=O)Nc2ccc([N+](=O)[O-])cc2C#N)c1Cl. The van der Waals surface area contributed by atoms with Crippen LogP contribution in [0, 0.1) is 28.4 Å². The molecule has 1 aromatic heterocycles. The first-order valence-corrected chi connectivity index (χ1v) is 6.42. The van der Waals surface area contributed by atoms with Crippen LogP contribution in [0.5, 0.6) is 0 Å². The van der Waals surface area contributed by atoms with Crippen molar-refractivity contribution in [3.63, 3.8) is 0 Å². The number of nitrogens with one attached hydrogen (secondary N) is 1. The lowest BCUT2D eigenvalue weighted by atomic mass is 10.1. The Morgan fingerprint density at radius 3 is 2.73 bits per heavy atom. The predicted octanol–water partition coefficient (Wildman–Crippen LogP) is 2.41. The number of aromatic nitrogens is 2. The van der Waals surface area contributed by atoms with E-state index in [-0.39, 0.29) is 27.7 Å². The molecule has 1 amide bonds. The van der Waals surface area contributed by atoms with E-state index in [9.17, 15) is 14.9 Å². The van der Waals surface area contributed by atoms with Gasteiger partial charge in [0, 0.05) is 19.2 Å². The zero-order chi connectivity index (χ0) is 16.4. The number of rotatable bonds is 3. The molecule has 2 rings (SSSR count). The molecule has 0 aliphatic carbocycles. The van der Waals surface area contributed by atoms with Gasteiger partial charge < -0.3 is 5.32 Å². The van der Waals surface area contributed by atoms with Gasteiger partial charge in [0.2, 0.25) is 0 Å². The Morgan fingerprint density at radius 2 is 2.23 bits per heavy atom. The second-order valence-electron chi connectivity index (χ2n) is 4.42. The molecule has 9 heteroatoms. The zero-order valence-electron chi connectivity index (χ0n) is 11.6. The minimum atomic E-state index is -0.617. The predicted molar refractivity (Wildman–Crippen MR) is 78.7 cm³/mol. The molecule has 0 radical (unpaired) electrons. The van der Waals surface area contributed by atoms with Crippen LogP contribution in [-0.2, 0) is 7.05 Å². The van der Waals surface area contributed by atoms with Crippen LogP contribution in [0.25, 0.3) is 0 Å². The molecule has 0 atom stereocenters. The summed E-state index contributed by atoms with van der Waals surface area (Å²) in [5.41, 5.74) is 0.550. The van der Waals surface area contributed by atoms with Crippen molar-refractivity contribution in [2.24, 2.45) is 7.05 Å². The molecule has 0 saturated heterocycles. The number of carbonyl (C=O) groups excluding carboxylic acids is 1. The molecule has 2 aromatic rings. The number of nitro groups is 1. The Kier molecular flexibility index (Phi) is 4.10. The first-order valence-electron chi connectivity index (χ1n) is 6.04. The number of aryl methyl sites for hydroxylation is 2. The van der Waals surface area contributed by atoms with Gasteiger partial charge in [-0.15, -0.1) is 0 Å². The molecule has 1 heterocycles. The van der Waals surface area contributed by atoms with Gasteiger partial charge in [0.15, 0.2) is 0 Å². The van der Waals surface area contributed by atoms with Crippen molar-refractivity contribution in [1.82, 2.24) is 9.78 Å². The summed E-state index contributed by atoms with van der Waals surface area (Å²) in [6, 6.07) is 5.39. The van der Waals surface area contributed by atoms with Gasteiger partial charge in [-0.25, -0.2) is 0 Å². The highest BCUT2D eigenvalue weighted by Gasteiger charge is 2.20. The number of anilines is 1. The van der Waals surface area contributed by atoms with E-state index in [1.807, 2.05) is 6.07 Å². The van der Waals surface area contributed by atoms with E-state index in [2.05, 4.69) is 10.4 Å². The molecular weight excluding hydrogens is 310 g/mol. The fraction of sp³-hybridized carbons (Fsp3) is 0.154. The molecule has 0 saturated carbocycles. The van der Waals surface area contributed by atoms with E-state index in [0.29, 0.717) is 5.69 Å². The third-order valence-corrected chi connectivity index (χ3v) is 3.40. The van der Waals surface area contributed by atoms with Crippen molar-refractivity contribution < 1.29 is 9.72 Å². The summed E-state index contributed by atoms with van der Waals surface area (Å²) in [7, 11) is 1.56. The van der Waals surface area contributed by atoms with E-state index in [1.165, 1.54) is 16.8 Å². The Bertz CT molecular complexity index is 822. The van der Waals surface area contributed by atoms with E-state index in [1.54, 1.807) is 14.0 Å². The number of nitrogens with zero attached hydrogens (tertiary/aromatic N) is 4. The molecule has 1 N–H and O–H groups in total. The smallest absolute Gasteiger partial charge is 0.275 e. The lowest BCUT2D eigenvalue weighted by Gasteiger charge is -2.07. The maximum Gasteiger partial charge on any atom is 0.275 e. The van der Waals surface area contributed by atoms with Crippen molar-refractivity contribution in [1.29, 1.82) is 5.26 Å². The Labute approximate surface area is 130 Å². The third kappa shape index (κ3) is 2.75. The molecule has 0 aliphatic rings. The van der Waals surface area contributed by atoms with Crippen LogP contribution in [0.2, 0.25) is 5.02 Å². The summed E-state index contributed by atoms with van der Waals surface area (Å²) in [6.07, 6.45) is 0. The van der Waals surface area contributed by atoms with Crippen molar-refractivity contribution in [2.75, 3.05) is 5.32 Å². The largest absolute Gasteiger partial charge is 0.319 e. The fourth-order valence-electron chi connectivity index (χ4n) is 1.91. The van der Waals surface area contributed by atoms with Crippen molar-refractivity contribution >= 4 is 28.9 Å². The van der Waals surface area contributed by atoms with E-state index >= 15 is 0 Å². The molecule has 8 nitrogen and oxygen atoms in total. The molecule has 0 bridgehead atoms. The Hall–Kier alpha value is -2.92. The zero-order valence-corrected chi connectivity index (χ0v) is 12.4. The maximum absolute atomic E-state index is 12.3. The molecular formula is C13H10ClN5O3. The monoisotopic (exact) mass is 319 g/mol. The van der Waals surface area contributed by atoms with Crippen molar-refractivity contribution in [3.05, 3.63) is 50.3 Å². The van der Waals surface area contributed by atoms with Gasteiger partial charge in [0.25, 0.3) is 11.6 Å². The number of hydrogen-bond donors (Lipinski definition) is 1. The highest BCUT2D eigenvalue weighted by molar-refractivity contribution is 6.34. The summed E-state index contributed by atoms with van der Waals surface area (Å²) < 4.78 is 1.32. The topological polar surface area (TPSA) is 114 Å². The van der Waals surface area contributed by atoms with Gasteiger partial charge in [0.1, 0.15) is 11.8 Å². The van der Waals surface area contributed by atoms with Crippen molar-refractivity contribution in [3.8, 4) is 6.07 Å². The molecule has 0 unspecified atom stereocenters. The standard InChI is InChI=1S/C13H10ClN5O3/c1-7-11(14)12(18(2)17-7)13(20)16-10-4-3-9(19(21)22)5-8(10)6-15/h3-5H,1-2H3,(H,16,20). The summed E-state index contributed by atoms with van der Waals surface area (Å²) in [5.74, 6) is -0.557. The summed E-state index contributed by atoms with van der Waals surface area (Å²) >= 11 is 6.02. The Morgan fingerprint density at radius 1 is 1.55 bits per heavy atom.